The average molecular weight is 392 g/mol. The normalized spacial score (nSPS) is 12.2. The van der Waals surface area contributed by atoms with Gasteiger partial charge < -0.3 is 10.4 Å². The smallest absolute Gasteiger partial charge is 0.255 e. The molecule has 3 N–H and O–H groups in total. The van der Waals surface area contributed by atoms with Gasteiger partial charge in [0.25, 0.3) is 5.91 Å². The second kappa shape index (κ2) is 7.18. The van der Waals surface area contributed by atoms with Crippen molar-refractivity contribution >= 4 is 22.5 Å². The molecule has 0 atom stereocenters. The van der Waals surface area contributed by atoms with Crippen molar-refractivity contribution < 1.29 is 14.9 Å². The van der Waals surface area contributed by atoms with Crippen LogP contribution in [0.3, 0.4) is 0 Å². The number of anilines is 1. The number of aromatic nitrogens is 1. The van der Waals surface area contributed by atoms with Crippen molar-refractivity contribution in [1.82, 2.24) is 0 Å². The summed E-state index contributed by atoms with van der Waals surface area (Å²) in [6.07, 6.45) is 0. The number of benzene rings is 2. The number of rotatable bonds is 2. The van der Waals surface area contributed by atoms with Crippen LogP contribution in [0.25, 0.3) is 10.9 Å². The van der Waals surface area contributed by atoms with Gasteiger partial charge in [-0.1, -0.05) is 47.6 Å². The third-order valence-electron chi connectivity index (χ3n) is 5.17. The number of pyridine rings is 1. The fourth-order valence-electron chi connectivity index (χ4n) is 3.51. The second-order valence-electron chi connectivity index (χ2n) is 9.79. The number of hydrogen-bond donors (Lipinski definition) is 2. The van der Waals surface area contributed by atoms with Gasteiger partial charge in [0, 0.05) is 35.1 Å². The fraction of sp³-hybridized carbons (Fsp3) is 0.360. The van der Waals surface area contributed by atoms with Crippen LogP contribution in [0.4, 0.5) is 5.69 Å². The molecule has 0 saturated carbocycles. The fourth-order valence-corrected chi connectivity index (χ4v) is 3.51. The molecule has 0 aliphatic carbocycles. The first-order valence-corrected chi connectivity index (χ1v) is 9.99. The number of carbonyl (C=O) groups excluding carboxylic acids is 1. The number of phenolic OH excluding ortho intramolecular Hbond substituents is 1. The molecule has 1 amide bonds. The molecule has 4 nitrogen and oxygen atoms in total. The molecule has 29 heavy (non-hydrogen) atoms. The SMILES string of the molecule is Cc1ccc2cccc(NC(=O)c3cc(C(C)(C)C)c(O)c(C(C)(C)C)c3)c2[nH+]1. The van der Waals surface area contributed by atoms with Gasteiger partial charge in [0.1, 0.15) is 11.4 Å². The average Bonchev–Trinajstić information content (AvgIpc) is 2.60. The largest absolute Gasteiger partial charge is 0.507 e. The van der Waals surface area contributed by atoms with Crippen molar-refractivity contribution in [2.75, 3.05) is 5.32 Å². The lowest BCUT2D eigenvalue weighted by Gasteiger charge is -2.28. The molecule has 0 aliphatic rings. The minimum absolute atomic E-state index is 0.191. The van der Waals surface area contributed by atoms with Crippen molar-refractivity contribution in [3.05, 3.63) is 64.8 Å². The van der Waals surface area contributed by atoms with Gasteiger partial charge in [0.2, 0.25) is 5.52 Å². The van der Waals surface area contributed by atoms with Gasteiger partial charge in [0.15, 0.2) is 5.69 Å². The van der Waals surface area contributed by atoms with Crippen LogP contribution in [0, 0.1) is 6.92 Å². The molecule has 0 spiro atoms. The van der Waals surface area contributed by atoms with Gasteiger partial charge in [-0.05, 0) is 41.2 Å². The highest BCUT2D eigenvalue weighted by atomic mass is 16.3. The number of aromatic amines is 1. The van der Waals surface area contributed by atoms with E-state index in [9.17, 15) is 9.90 Å². The van der Waals surface area contributed by atoms with E-state index in [0.29, 0.717) is 5.56 Å². The summed E-state index contributed by atoms with van der Waals surface area (Å²) in [5.74, 6) is 0.0825. The van der Waals surface area contributed by atoms with Crippen molar-refractivity contribution in [1.29, 1.82) is 0 Å². The molecule has 0 saturated heterocycles. The first-order chi connectivity index (χ1) is 13.4. The molecule has 152 valence electrons. The van der Waals surface area contributed by atoms with Crippen molar-refractivity contribution in [2.45, 2.75) is 59.3 Å². The lowest BCUT2D eigenvalue weighted by molar-refractivity contribution is -0.354. The zero-order chi connectivity index (χ0) is 21.6. The van der Waals surface area contributed by atoms with Crippen LogP contribution in [-0.4, -0.2) is 11.0 Å². The molecule has 0 bridgehead atoms. The van der Waals surface area contributed by atoms with Crippen LogP contribution in [0.15, 0.2) is 42.5 Å². The predicted octanol–water partition coefficient (Wildman–Crippen LogP) is 5.52. The number of aryl methyl sites for hydroxylation is 1. The standard InChI is InChI=1S/C25H30N2O2/c1-15-11-12-16-9-8-10-20(21(16)26-15)27-23(29)17-13-18(24(2,3)4)22(28)19(14-17)25(5,6)7/h8-14,28H,1-7H3,(H,27,29)/p+1. The molecule has 0 unspecified atom stereocenters. The summed E-state index contributed by atoms with van der Waals surface area (Å²) in [4.78, 5) is 16.5. The van der Waals surface area contributed by atoms with Gasteiger partial charge in [-0.2, -0.15) is 0 Å². The Morgan fingerprint density at radius 1 is 0.931 bits per heavy atom. The highest BCUT2D eigenvalue weighted by molar-refractivity contribution is 6.08. The lowest BCUT2D eigenvalue weighted by Crippen LogP contribution is -2.21. The van der Waals surface area contributed by atoms with Gasteiger partial charge in [-0.25, -0.2) is 4.98 Å². The van der Waals surface area contributed by atoms with Gasteiger partial charge in [-0.3, -0.25) is 4.79 Å². The van der Waals surface area contributed by atoms with E-state index in [4.69, 9.17) is 0 Å². The number of aromatic hydroxyl groups is 1. The van der Waals surface area contributed by atoms with E-state index in [-0.39, 0.29) is 22.5 Å². The molecular weight excluding hydrogens is 360 g/mol. The molecule has 2 aromatic carbocycles. The summed E-state index contributed by atoms with van der Waals surface area (Å²) in [6, 6.07) is 13.5. The Morgan fingerprint density at radius 3 is 2.07 bits per heavy atom. The molecule has 0 radical (unpaired) electrons. The summed E-state index contributed by atoms with van der Waals surface area (Å²) in [5, 5.41) is 15.0. The third kappa shape index (κ3) is 4.26. The Kier molecular flexibility index (Phi) is 5.16. The van der Waals surface area contributed by atoms with Crippen molar-refractivity contribution in [3.8, 4) is 5.75 Å². The Hall–Kier alpha value is -2.88. The number of amides is 1. The number of H-pyrrole nitrogens is 1. The maximum atomic E-state index is 13.2. The highest BCUT2D eigenvalue weighted by Gasteiger charge is 2.28. The third-order valence-corrected chi connectivity index (χ3v) is 5.17. The summed E-state index contributed by atoms with van der Waals surface area (Å²) >= 11 is 0. The molecule has 3 aromatic rings. The van der Waals surface area contributed by atoms with Crippen LogP contribution in [0.1, 0.15) is 68.7 Å². The van der Waals surface area contributed by atoms with E-state index in [1.165, 1.54) is 0 Å². The summed E-state index contributed by atoms with van der Waals surface area (Å²) in [7, 11) is 0. The van der Waals surface area contributed by atoms with Crippen LogP contribution in [0.2, 0.25) is 0 Å². The molecule has 0 fully saturated rings. The first kappa shape index (κ1) is 20.8. The maximum absolute atomic E-state index is 13.2. The van der Waals surface area contributed by atoms with E-state index in [1.54, 1.807) is 12.1 Å². The van der Waals surface area contributed by atoms with Gasteiger partial charge in [-0.15, -0.1) is 0 Å². The molecule has 3 rings (SSSR count). The molecule has 1 heterocycles. The Morgan fingerprint density at radius 2 is 1.52 bits per heavy atom. The number of phenols is 1. The van der Waals surface area contributed by atoms with Crippen LogP contribution >= 0.6 is 0 Å². The minimum Gasteiger partial charge on any atom is -0.507 e. The van der Waals surface area contributed by atoms with Crippen molar-refractivity contribution in [3.63, 3.8) is 0 Å². The Labute approximate surface area is 173 Å². The summed E-state index contributed by atoms with van der Waals surface area (Å²) in [6.45, 7) is 14.2. The maximum Gasteiger partial charge on any atom is 0.255 e. The molecule has 0 aliphatic heterocycles. The molecule has 4 heteroatoms. The first-order valence-electron chi connectivity index (χ1n) is 9.99. The minimum atomic E-state index is -0.287. The van der Waals surface area contributed by atoms with Crippen LogP contribution < -0.4 is 10.3 Å². The Bertz CT molecular complexity index is 1050. The number of nitrogens with one attached hydrogen (secondary N) is 2. The Balaban J connectivity index is 2.10. The van der Waals surface area contributed by atoms with Gasteiger partial charge >= 0.3 is 0 Å². The lowest BCUT2D eigenvalue weighted by atomic mass is 9.78. The van der Waals surface area contributed by atoms with Crippen molar-refractivity contribution in [2.24, 2.45) is 0 Å². The van der Waals surface area contributed by atoms with E-state index >= 15 is 0 Å². The quantitative estimate of drug-likeness (QED) is 0.604. The van der Waals surface area contributed by atoms with E-state index < -0.39 is 0 Å². The number of hydrogen-bond acceptors (Lipinski definition) is 2. The van der Waals surface area contributed by atoms with E-state index in [1.807, 2.05) is 78.8 Å². The van der Waals surface area contributed by atoms with Gasteiger partial charge in [0.05, 0.1) is 0 Å². The number of carbonyl (C=O) groups is 1. The van der Waals surface area contributed by atoms with E-state index in [0.717, 1.165) is 33.4 Å². The van der Waals surface area contributed by atoms with E-state index in [2.05, 4.69) is 10.3 Å². The number of para-hydroxylation sites is 1. The summed E-state index contributed by atoms with van der Waals surface area (Å²) in [5.41, 5.74) is 4.17. The topological polar surface area (TPSA) is 63.5 Å². The number of fused-ring (bicyclic) bond motifs is 1. The molecule has 1 aromatic heterocycles. The molecular formula is C25H31N2O2+. The zero-order valence-corrected chi connectivity index (χ0v) is 18.4. The zero-order valence-electron chi connectivity index (χ0n) is 18.4. The summed E-state index contributed by atoms with van der Waals surface area (Å²) < 4.78 is 0. The highest BCUT2D eigenvalue weighted by Crippen LogP contribution is 2.40. The van der Waals surface area contributed by atoms with Crippen LogP contribution in [-0.2, 0) is 10.8 Å². The monoisotopic (exact) mass is 391 g/mol. The van der Waals surface area contributed by atoms with Crippen LogP contribution in [0.5, 0.6) is 5.75 Å². The second-order valence-corrected chi connectivity index (χ2v) is 9.79. The predicted molar refractivity (Wildman–Crippen MR) is 119 cm³/mol.